The summed E-state index contributed by atoms with van der Waals surface area (Å²) >= 11 is 5.96. The van der Waals surface area contributed by atoms with Gasteiger partial charge in [-0.15, -0.1) is 0 Å². The fourth-order valence-electron chi connectivity index (χ4n) is 1.79. The van der Waals surface area contributed by atoms with Gasteiger partial charge in [0, 0.05) is 5.02 Å². The standard InChI is InChI=1S/C17H16ClNO2/c1-20-16-7-8-17(14(11-16)5-3-9-19)21-12-13-4-2-6-15(18)10-13/h2,4,6-8,10-11H,9,12,19H2,1H3. The van der Waals surface area contributed by atoms with Gasteiger partial charge < -0.3 is 15.2 Å². The highest BCUT2D eigenvalue weighted by molar-refractivity contribution is 6.30. The molecule has 0 unspecified atom stereocenters. The highest BCUT2D eigenvalue weighted by Gasteiger charge is 2.04. The second-order valence-electron chi connectivity index (χ2n) is 4.29. The lowest BCUT2D eigenvalue weighted by atomic mass is 10.2. The Morgan fingerprint density at radius 1 is 1.19 bits per heavy atom. The number of rotatable bonds is 4. The molecule has 0 amide bonds. The smallest absolute Gasteiger partial charge is 0.135 e. The van der Waals surface area contributed by atoms with Gasteiger partial charge in [0.1, 0.15) is 18.1 Å². The zero-order valence-corrected chi connectivity index (χ0v) is 12.5. The van der Waals surface area contributed by atoms with Crippen molar-refractivity contribution in [1.82, 2.24) is 0 Å². The van der Waals surface area contributed by atoms with Crippen LogP contribution in [-0.2, 0) is 6.61 Å². The molecule has 0 saturated heterocycles. The van der Waals surface area contributed by atoms with E-state index in [9.17, 15) is 0 Å². The Labute approximate surface area is 129 Å². The number of nitrogens with two attached hydrogens (primary N) is 1. The minimum absolute atomic E-state index is 0.297. The molecule has 2 rings (SSSR count). The number of ether oxygens (including phenoxy) is 2. The van der Waals surface area contributed by atoms with E-state index >= 15 is 0 Å². The topological polar surface area (TPSA) is 44.5 Å². The highest BCUT2D eigenvalue weighted by atomic mass is 35.5. The van der Waals surface area contributed by atoms with Crippen LogP contribution in [0.3, 0.4) is 0 Å². The lowest BCUT2D eigenvalue weighted by molar-refractivity contribution is 0.304. The first kappa shape index (κ1) is 15.2. The lowest BCUT2D eigenvalue weighted by Crippen LogP contribution is -1.98. The molecule has 0 aromatic heterocycles. The van der Waals surface area contributed by atoms with Crippen molar-refractivity contribution >= 4 is 11.6 Å². The van der Waals surface area contributed by atoms with Crippen molar-refractivity contribution < 1.29 is 9.47 Å². The minimum Gasteiger partial charge on any atom is -0.497 e. The summed E-state index contributed by atoms with van der Waals surface area (Å²) in [7, 11) is 1.61. The SMILES string of the molecule is COc1ccc(OCc2cccc(Cl)c2)c(C#CCN)c1. The van der Waals surface area contributed by atoms with Crippen molar-refractivity contribution in [2.75, 3.05) is 13.7 Å². The Bertz CT molecular complexity index is 674. The fourth-order valence-corrected chi connectivity index (χ4v) is 2.01. The normalized spacial score (nSPS) is 9.67. The second-order valence-corrected chi connectivity index (χ2v) is 4.72. The molecular formula is C17H16ClNO2. The van der Waals surface area contributed by atoms with Crippen LogP contribution in [0.15, 0.2) is 42.5 Å². The van der Waals surface area contributed by atoms with E-state index in [2.05, 4.69) is 11.8 Å². The molecule has 0 aliphatic carbocycles. The summed E-state index contributed by atoms with van der Waals surface area (Å²) in [5.41, 5.74) is 7.17. The Balaban J connectivity index is 2.18. The van der Waals surface area contributed by atoms with E-state index in [0.29, 0.717) is 23.9 Å². The number of halogens is 1. The Hall–Kier alpha value is -2.15. The van der Waals surface area contributed by atoms with Gasteiger partial charge in [0.2, 0.25) is 0 Å². The van der Waals surface area contributed by atoms with Crippen molar-refractivity contribution in [3.8, 4) is 23.3 Å². The van der Waals surface area contributed by atoms with Crippen LogP contribution in [0.5, 0.6) is 11.5 Å². The van der Waals surface area contributed by atoms with E-state index in [1.807, 2.05) is 42.5 Å². The lowest BCUT2D eigenvalue weighted by Gasteiger charge is -2.10. The largest absolute Gasteiger partial charge is 0.497 e. The van der Waals surface area contributed by atoms with Crippen LogP contribution in [0.2, 0.25) is 5.02 Å². The van der Waals surface area contributed by atoms with E-state index in [1.165, 1.54) is 0 Å². The quantitative estimate of drug-likeness (QED) is 0.882. The van der Waals surface area contributed by atoms with Crippen molar-refractivity contribution in [2.24, 2.45) is 5.73 Å². The first-order valence-electron chi connectivity index (χ1n) is 6.47. The third kappa shape index (κ3) is 4.42. The zero-order valence-electron chi connectivity index (χ0n) is 11.7. The maximum Gasteiger partial charge on any atom is 0.135 e. The summed E-state index contributed by atoms with van der Waals surface area (Å²) in [5, 5.41) is 0.689. The average Bonchev–Trinajstić information content (AvgIpc) is 2.51. The molecule has 0 spiro atoms. The van der Waals surface area contributed by atoms with Crippen LogP contribution in [0.25, 0.3) is 0 Å². The Kier molecular flexibility index (Phi) is 5.51. The van der Waals surface area contributed by atoms with Gasteiger partial charge >= 0.3 is 0 Å². The molecule has 2 aromatic rings. The molecule has 4 heteroatoms. The molecule has 0 atom stereocenters. The van der Waals surface area contributed by atoms with Gasteiger partial charge in [0.15, 0.2) is 0 Å². The summed E-state index contributed by atoms with van der Waals surface area (Å²) in [6, 6.07) is 13.1. The summed E-state index contributed by atoms with van der Waals surface area (Å²) in [4.78, 5) is 0. The van der Waals surface area contributed by atoms with Gasteiger partial charge in [-0.1, -0.05) is 35.6 Å². The third-order valence-corrected chi connectivity index (χ3v) is 3.03. The van der Waals surface area contributed by atoms with Crippen LogP contribution in [-0.4, -0.2) is 13.7 Å². The van der Waals surface area contributed by atoms with Gasteiger partial charge in [-0.2, -0.15) is 0 Å². The molecule has 0 fully saturated rings. The van der Waals surface area contributed by atoms with E-state index in [1.54, 1.807) is 7.11 Å². The maximum absolute atomic E-state index is 5.96. The molecule has 0 saturated carbocycles. The Morgan fingerprint density at radius 2 is 2.05 bits per heavy atom. The molecule has 0 aliphatic rings. The number of hydrogen-bond donors (Lipinski definition) is 1. The predicted octanol–water partition coefficient (Wildman–Crippen LogP) is 3.24. The molecule has 0 bridgehead atoms. The van der Waals surface area contributed by atoms with E-state index in [-0.39, 0.29) is 0 Å². The summed E-state index contributed by atoms with van der Waals surface area (Å²) in [5.74, 6) is 7.23. The van der Waals surface area contributed by atoms with Crippen LogP contribution in [0.1, 0.15) is 11.1 Å². The monoisotopic (exact) mass is 301 g/mol. The fraction of sp³-hybridized carbons (Fsp3) is 0.176. The summed E-state index contributed by atoms with van der Waals surface area (Å²) in [6.07, 6.45) is 0. The van der Waals surface area contributed by atoms with E-state index in [0.717, 1.165) is 16.9 Å². The maximum atomic E-state index is 5.96. The molecule has 21 heavy (non-hydrogen) atoms. The van der Waals surface area contributed by atoms with Crippen LogP contribution >= 0.6 is 11.6 Å². The molecule has 108 valence electrons. The molecule has 2 N–H and O–H groups in total. The van der Waals surface area contributed by atoms with Crippen molar-refractivity contribution in [3.63, 3.8) is 0 Å². The van der Waals surface area contributed by atoms with Crippen molar-refractivity contribution in [2.45, 2.75) is 6.61 Å². The number of benzene rings is 2. The van der Waals surface area contributed by atoms with Gasteiger partial charge in [0.25, 0.3) is 0 Å². The first-order chi connectivity index (χ1) is 10.2. The van der Waals surface area contributed by atoms with Crippen molar-refractivity contribution in [3.05, 3.63) is 58.6 Å². The van der Waals surface area contributed by atoms with E-state index in [4.69, 9.17) is 26.8 Å². The average molecular weight is 302 g/mol. The predicted molar refractivity (Wildman–Crippen MR) is 84.7 cm³/mol. The first-order valence-corrected chi connectivity index (χ1v) is 6.85. The number of methoxy groups -OCH3 is 1. The van der Waals surface area contributed by atoms with Crippen LogP contribution in [0.4, 0.5) is 0 Å². The molecule has 0 radical (unpaired) electrons. The zero-order chi connectivity index (χ0) is 15.1. The van der Waals surface area contributed by atoms with Gasteiger partial charge in [-0.3, -0.25) is 0 Å². The molecule has 2 aromatic carbocycles. The summed E-state index contributed by atoms with van der Waals surface area (Å²) in [6.45, 7) is 0.717. The highest BCUT2D eigenvalue weighted by Crippen LogP contribution is 2.24. The van der Waals surface area contributed by atoms with Crippen LogP contribution in [0, 0.1) is 11.8 Å². The Morgan fingerprint density at radius 3 is 2.76 bits per heavy atom. The van der Waals surface area contributed by atoms with Gasteiger partial charge in [-0.25, -0.2) is 0 Å². The molecule has 3 nitrogen and oxygen atoms in total. The second kappa shape index (κ2) is 7.58. The van der Waals surface area contributed by atoms with Gasteiger partial charge in [0.05, 0.1) is 19.2 Å². The molecule has 0 aliphatic heterocycles. The summed E-state index contributed by atoms with van der Waals surface area (Å²) < 4.78 is 11.0. The van der Waals surface area contributed by atoms with Crippen molar-refractivity contribution in [1.29, 1.82) is 0 Å². The molecule has 0 heterocycles. The van der Waals surface area contributed by atoms with E-state index < -0.39 is 0 Å². The molecular weight excluding hydrogens is 286 g/mol. The van der Waals surface area contributed by atoms with Gasteiger partial charge in [-0.05, 0) is 35.9 Å². The van der Waals surface area contributed by atoms with Crippen LogP contribution < -0.4 is 15.2 Å². The number of hydrogen-bond acceptors (Lipinski definition) is 3. The third-order valence-electron chi connectivity index (χ3n) is 2.80. The minimum atomic E-state index is 0.297.